The van der Waals surface area contributed by atoms with Crippen LogP contribution < -0.4 is 4.74 Å². The molecule has 22 heavy (non-hydrogen) atoms. The van der Waals surface area contributed by atoms with Crippen molar-refractivity contribution in [1.82, 2.24) is 4.90 Å². The van der Waals surface area contributed by atoms with E-state index < -0.39 is 0 Å². The molecule has 0 N–H and O–H groups in total. The molecule has 2 rings (SSSR count). The van der Waals surface area contributed by atoms with Crippen LogP contribution in [0.3, 0.4) is 0 Å². The van der Waals surface area contributed by atoms with Gasteiger partial charge in [0.1, 0.15) is 5.75 Å². The minimum absolute atomic E-state index is 0.139. The summed E-state index contributed by atoms with van der Waals surface area (Å²) in [5.41, 5.74) is 1.03. The van der Waals surface area contributed by atoms with E-state index in [2.05, 4.69) is 0 Å². The summed E-state index contributed by atoms with van der Waals surface area (Å²) in [6.45, 7) is 3.06. The Morgan fingerprint density at radius 1 is 1.23 bits per heavy atom. The lowest BCUT2D eigenvalue weighted by Gasteiger charge is -2.22. The highest BCUT2D eigenvalue weighted by Crippen LogP contribution is 2.31. The molecule has 5 nitrogen and oxygen atoms in total. The van der Waals surface area contributed by atoms with Crippen molar-refractivity contribution in [2.24, 2.45) is 5.92 Å². The van der Waals surface area contributed by atoms with Crippen LogP contribution in [0.25, 0.3) is 0 Å². The number of ether oxygens (including phenoxy) is 2. The van der Waals surface area contributed by atoms with Crippen LogP contribution in [0.4, 0.5) is 0 Å². The summed E-state index contributed by atoms with van der Waals surface area (Å²) in [6.07, 6.45) is 2.15. The van der Waals surface area contributed by atoms with E-state index in [-0.39, 0.29) is 24.2 Å². The fraction of sp³-hybridized carbons (Fsp3) is 0.529. The monoisotopic (exact) mass is 305 g/mol. The number of carbonyl (C=O) groups is 2. The van der Waals surface area contributed by atoms with Crippen molar-refractivity contribution in [2.45, 2.75) is 32.7 Å². The van der Waals surface area contributed by atoms with Crippen LogP contribution in [-0.2, 0) is 20.9 Å². The van der Waals surface area contributed by atoms with E-state index in [1.54, 1.807) is 18.9 Å². The summed E-state index contributed by atoms with van der Waals surface area (Å²) in [5.74, 6) is 0.807. The highest BCUT2D eigenvalue weighted by Gasteiger charge is 2.33. The molecule has 1 aliphatic carbocycles. The number of carbonyl (C=O) groups excluding carboxylic acids is 2. The normalized spacial score (nSPS) is 13.5. The predicted octanol–water partition coefficient (Wildman–Crippen LogP) is 2.39. The topological polar surface area (TPSA) is 55.8 Å². The fourth-order valence-electron chi connectivity index (χ4n) is 2.27. The third-order valence-electron chi connectivity index (χ3n) is 3.66. The fourth-order valence-corrected chi connectivity index (χ4v) is 2.27. The first-order valence-corrected chi connectivity index (χ1v) is 7.71. The maximum Gasteiger partial charge on any atom is 0.307 e. The van der Waals surface area contributed by atoms with E-state index in [0.717, 1.165) is 24.2 Å². The molecule has 5 heteroatoms. The lowest BCUT2D eigenvalue weighted by Crippen LogP contribution is -2.34. The second kappa shape index (κ2) is 7.82. The van der Waals surface area contributed by atoms with Crippen LogP contribution in [-0.4, -0.2) is 37.0 Å². The average Bonchev–Trinajstić information content (AvgIpc) is 3.36. The minimum Gasteiger partial charge on any atom is -0.497 e. The molecule has 0 atom stereocenters. The number of hydrogen-bond donors (Lipinski definition) is 0. The van der Waals surface area contributed by atoms with Gasteiger partial charge in [-0.25, -0.2) is 0 Å². The van der Waals surface area contributed by atoms with Crippen molar-refractivity contribution >= 4 is 11.9 Å². The van der Waals surface area contributed by atoms with Gasteiger partial charge in [0, 0.05) is 19.0 Å². The van der Waals surface area contributed by atoms with Gasteiger partial charge in [0.25, 0.3) is 0 Å². The molecular formula is C17H23NO4. The number of amides is 1. The molecule has 0 aliphatic heterocycles. The van der Waals surface area contributed by atoms with E-state index in [1.807, 2.05) is 24.3 Å². The Balaban J connectivity index is 1.96. The zero-order chi connectivity index (χ0) is 15.9. The molecule has 0 saturated heterocycles. The third-order valence-corrected chi connectivity index (χ3v) is 3.66. The summed E-state index contributed by atoms with van der Waals surface area (Å²) in [7, 11) is 1.62. The summed E-state index contributed by atoms with van der Waals surface area (Å²) in [4.78, 5) is 25.6. The van der Waals surface area contributed by atoms with Gasteiger partial charge in [-0.2, -0.15) is 0 Å². The van der Waals surface area contributed by atoms with Gasteiger partial charge in [-0.1, -0.05) is 12.1 Å². The van der Waals surface area contributed by atoms with E-state index in [0.29, 0.717) is 19.7 Å². The van der Waals surface area contributed by atoms with Crippen molar-refractivity contribution in [3.05, 3.63) is 29.8 Å². The SMILES string of the molecule is CCOC(=O)CCN(Cc1ccc(OC)cc1)C(=O)C1CC1. The first-order valence-electron chi connectivity index (χ1n) is 7.71. The van der Waals surface area contributed by atoms with Gasteiger partial charge in [0.05, 0.1) is 20.1 Å². The molecule has 0 bridgehead atoms. The average molecular weight is 305 g/mol. The summed E-state index contributed by atoms with van der Waals surface area (Å²) in [6, 6.07) is 7.63. The maximum absolute atomic E-state index is 12.4. The molecule has 1 amide bonds. The molecule has 1 aliphatic rings. The summed E-state index contributed by atoms with van der Waals surface area (Å²) in [5, 5.41) is 0. The lowest BCUT2D eigenvalue weighted by molar-refractivity contribution is -0.144. The number of rotatable bonds is 8. The van der Waals surface area contributed by atoms with Crippen molar-refractivity contribution in [3.63, 3.8) is 0 Å². The zero-order valence-electron chi connectivity index (χ0n) is 13.2. The highest BCUT2D eigenvalue weighted by atomic mass is 16.5. The van der Waals surface area contributed by atoms with Crippen molar-refractivity contribution in [1.29, 1.82) is 0 Å². The van der Waals surface area contributed by atoms with Crippen LogP contribution >= 0.6 is 0 Å². The Morgan fingerprint density at radius 2 is 1.91 bits per heavy atom. The standard InChI is InChI=1S/C17H23NO4/c1-3-22-16(19)10-11-18(17(20)14-6-7-14)12-13-4-8-15(21-2)9-5-13/h4-5,8-9,14H,3,6-7,10-12H2,1-2H3. The smallest absolute Gasteiger partial charge is 0.307 e. The van der Waals surface area contributed by atoms with E-state index in [9.17, 15) is 9.59 Å². The van der Waals surface area contributed by atoms with Crippen LogP contribution in [0.5, 0.6) is 5.75 Å². The van der Waals surface area contributed by atoms with Crippen molar-refractivity contribution in [2.75, 3.05) is 20.3 Å². The van der Waals surface area contributed by atoms with Crippen LogP contribution in [0.1, 0.15) is 31.7 Å². The van der Waals surface area contributed by atoms with Gasteiger partial charge in [-0.3, -0.25) is 9.59 Å². The molecule has 1 aromatic rings. The first kappa shape index (κ1) is 16.3. The largest absolute Gasteiger partial charge is 0.497 e. The zero-order valence-corrected chi connectivity index (χ0v) is 13.2. The lowest BCUT2D eigenvalue weighted by atomic mass is 10.2. The third kappa shape index (κ3) is 4.76. The van der Waals surface area contributed by atoms with Gasteiger partial charge < -0.3 is 14.4 Å². The predicted molar refractivity (Wildman–Crippen MR) is 82.4 cm³/mol. The van der Waals surface area contributed by atoms with Gasteiger partial charge in [0.2, 0.25) is 5.91 Å². The highest BCUT2D eigenvalue weighted by molar-refractivity contribution is 5.81. The molecule has 1 aromatic carbocycles. The van der Waals surface area contributed by atoms with Crippen LogP contribution in [0, 0.1) is 5.92 Å². The number of nitrogens with zero attached hydrogens (tertiary/aromatic N) is 1. The summed E-state index contributed by atoms with van der Waals surface area (Å²) >= 11 is 0. The van der Waals surface area contributed by atoms with E-state index in [4.69, 9.17) is 9.47 Å². The molecule has 0 spiro atoms. The van der Waals surface area contributed by atoms with Gasteiger partial charge in [0.15, 0.2) is 0 Å². The number of benzene rings is 1. The number of hydrogen-bond acceptors (Lipinski definition) is 4. The molecular weight excluding hydrogens is 282 g/mol. The maximum atomic E-state index is 12.4. The molecule has 0 aromatic heterocycles. The second-order valence-electron chi connectivity index (χ2n) is 5.44. The molecule has 0 heterocycles. The van der Waals surface area contributed by atoms with Crippen molar-refractivity contribution < 1.29 is 19.1 Å². The Hall–Kier alpha value is -2.04. The minimum atomic E-state index is -0.258. The Labute approximate surface area is 131 Å². The number of methoxy groups -OCH3 is 1. The van der Waals surface area contributed by atoms with E-state index >= 15 is 0 Å². The van der Waals surface area contributed by atoms with Gasteiger partial charge >= 0.3 is 5.97 Å². The van der Waals surface area contributed by atoms with Crippen LogP contribution in [0.2, 0.25) is 0 Å². The Bertz CT molecular complexity index is 508. The van der Waals surface area contributed by atoms with E-state index in [1.165, 1.54) is 0 Å². The Kier molecular flexibility index (Phi) is 5.81. The Morgan fingerprint density at radius 3 is 2.45 bits per heavy atom. The summed E-state index contributed by atoms with van der Waals surface area (Å²) < 4.78 is 10.1. The second-order valence-corrected chi connectivity index (χ2v) is 5.44. The molecule has 1 saturated carbocycles. The van der Waals surface area contributed by atoms with Gasteiger partial charge in [-0.05, 0) is 37.5 Å². The van der Waals surface area contributed by atoms with Gasteiger partial charge in [-0.15, -0.1) is 0 Å². The quantitative estimate of drug-likeness (QED) is 0.692. The molecule has 120 valence electrons. The molecule has 0 radical (unpaired) electrons. The van der Waals surface area contributed by atoms with Crippen LogP contribution in [0.15, 0.2) is 24.3 Å². The first-order chi connectivity index (χ1) is 10.6. The number of esters is 1. The van der Waals surface area contributed by atoms with Crippen molar-refractivity contribution in [3.8, 4) is 5.75 Å². The molecule has 0 unspecified atom stereocenters. The molecule has 1 fully saturated rings.